The van der Waals surface area contributed by atoms with Gasteiger partial charge in [-0.3, -0.25) is 0 Å². The molecule has 0 radical (unpaired) electrons. The van der Waals surface area contributed by atoms with Crippen LogP contribution in [0.4, 0.5) is 0 Å². The molecule has 1 aromatic carbocycles. The summed E-state index contributed by atoms with van der Waals surface area (Å²) in [4.78, 5) is 0. The number of nitrogens with zero attached hydrogens (tertiary/aromatic N) is 1. The Morgan fingerprint density at radius 1 is 1.30 bits per heavy atom. The van der Waals surface area contributed by atoms with E-state index in [0.717, 1.165) is 6.54 Å². The van der Waals surface area contributed by atoms with Gasteiger partial charge in [0.15, 0.2) is 0 Å². The van der Waals surface area contributed by atoms with Crippen LogP contribution in [0, 0.1) is 11.3 Å². The Morgan fingerprint density at radius 2 is 2.10 bits per heavy atom. The molecule has 2 aromatic rings. The number of benzene rings is 1. The molecule has 2 N–H and O–H groups in total. The monoisotopic (exact) mass is 288 g/mol. The van der Waals surface area contributed by atoms with E-state index in [1.807, 2.05) is 11.4 Å². The third-order valence-corrected chi connectivity index (χ3v) is 3.45. The zero-order valence-electron chi connectivity index (χ0n) is 11.0. The molecule has 1 atom stereocenters. The van der Waals surface area contributed by atoms with Crippen molar-refractivity contribution in [3.05, 3.63) is 52.2 Å². The average Bonchev–Trinajstić information content (AvgIpc) is 2.99. The smallest absolute Gasteiger partial charge is 0.119 e. The lowest BCUT2D eigenvalue weighted by atomic mass is 10.2. The van der Waals surface area contributed by atoms with Crippen LogP contribution in [0.5, 0.6) is 5.75 Å². The van der Waals surface area contributed by atoms with E-state index in [1.165, 1.54) is 5.56 Å². The summed E-state index contributed by atoms with van der Waals surface area (Å²) in [5, 5.41) is 25.8. The van der Waals surface area contributed by atoms with E-state index in [4.69, 9.17) is 10.00 Å². The van der Waals surface area contributed by atoms with Crippen LogP contribution in [0.3, 0.4) is 0 Å². The molecule has 2 rings (SSSR count). The highest BCUT2D eigenvalue weighted by atomic mass is 32.1. The molecule has 0 spiro atoms. The van der Waals surface area contributed by atoms with E-state index in [1.54, 1.807) is 35.6 Å². The Bertz CT molecular complexity index is 546. The van der Waals surface area contributed by atoms with E-state index >= 15 is 0 Å². The fourth-order valence-electron chi connectivity index (χ4n) is 1.65. The number of nitrogens with one attached hydrogen (secondary N) is 1. The molecule has 104 valence electrons. The highest BCUT2D eigenvalue weighted by Gasteiger charge is 2.05. The molecule has 1 unspecified atom stereocenters. The van der Waals surface area contributed by atoms with Gasteiger partial charge in [-0.2, -0.15) is 16.6 Å². The maximum atomic E-state index is 9.80. The predicted octanol–water partition coefficient (Wildman–Crippen LogP) is 2.15. The molecule has 0 saturated carbocycles. The van der Waals surface area contributed by atoms with E-state index in [0.29, 0.717) is 17.9 Å². The van der Waals surface area contributed by atoms with Crippen LogP contribution in [0.1, 0.15) is 11.1 Å². The van der Waals surface area contributed by atoms with Crippen molar-refractivity contribution in [2.24, 2.45) is 0 Å². The first-order chi connectivity index (χ1) is 9.78. The van der Waals surface area contributed by atoms with Gasteiger partial charge in [0.25, 0.3) is 0 Å². The summed E-state index contributed by atoms with van der Waals surface area (Å²) in [5.74, 6) is 0.654. The summed E-state index contributed by atoms with van der Waals surface area (Å²) in [5.41, 5.74) is 1.81. The highest BCUT2D eigenvalue weighted by Crippen LogP contribution is 2.11. The van der Waals surface area contributed by atoms with Gasteiger partial charge in [-0.05, 0) is 46.7 Å². The van der Waals surface area contributed by atoms with Gasteiger partial charge < -0.3 is 15.2 Å². The quantitative estimate of drug-likeness (QED) is 0.819. The summed E-state index contributed by atoms with van der Waals surface area (Å²) >= 11 is 1.66. The zero-order chi connectivity index (χ0) is 14.2. The van der Waals surface area contributed by atoms with Crippen molar-refractivity contribution in [1.82, 2.24) is 5.32 Å². The third kappa shape index (κ3) is 4.67. The standard InChI is InChI=1S/C15H16N2O2S/c16-7-12-1-3-15(4-2-12)19-10-14(18)9-17-8-13-5-6-20-11-13/h1-6,11,14,17-18H,8-10H2. The molecule has 1 aromatic heterocycles. The number of rotatable bonds is 7. The van der Waals surface area contributed by atoms with Crippen LogP contribution >= 0.6 is 11.3 Å². The zero-order valence-corrected chi connectivity index (χ0v) is 11.8. The van der Waals surface area contributed by atoms with Crippen molar-refractivity contribution in [1.29, 1.82) is 5.26 Å². The Labute approximate surface area is 122 Å². The van der Waals surface area contributed by atoms with Crippen molar-refractivity contribution in [2.45, 2.75) is 12.6 Å². The van der Waals surface area contributed by atoms with Crippen molar-refractivity contribution in [3.8, 4) is 11.8 Å². The van der Waals surface area contributed by atoms with E-state index < -0.39 is 6.10 Å². The molecule has 0 aliphatic heterocycles. The minimum absolute atomic E-state index is 0.225. The third-order valence-electron chi connectivity index (χ3n) is 2.71. The van der Waals surface area contributed by atoms with Crippen molar-refractivity contribution < 1.29 is 9.84 Å². The summed E-state index contributed by atoms with van der Waals surface area (Å²) in [7, 11) is 0. The molecular formula is C15H16N2O2S. The minimum atomic E-state index is -0.565. The van der Waals surface area contributed by atoms with Gasteiger partial charge in [-0.15, -0.1) is 0 Å². The normalized spacial score (nSPS) is 11.8. The number of ether oxygens (including phenoxy) is 1. The Morgan fingerprint density at radius 3 is 2.75 bits per heavy atom. The number of hydrogen-bond donors (Lipinski definition) is 2. The largest absolute Gasteiger partial charge is 0.491 e. The van der Waals surface area contributed by atoms with Gasteiger partial charge in [0.2, 0.25) is 0 Å². The Balaban J connectivity index is 1.66. The molecule has 0 aliphatic carbocycles. The van der Waals surface area contributed by atoms with Gasteiger partial charge in [-0.1, -0.05) is 0 Å². The molecule has 0 bridgehead atoms. The molecule has 0 aliphatic rings. The van der Waals surface area contributed by atoms with Gasteiger partial charge >= 0.3 is 0 Å². The van der Waals surface area contributed by atoms with Crippen LogP contribution < -0.4 is 10.1 Å². The maximum absolute atomic E-state index is 9.80. The fraction of sp³-hybridized carbons (Fsp3) is 0.267. The molecule has 0 saturated heterocycles. The molecule has 5 heteroatoms. The molecule has 1 heterocycles. The highest BCUT2D eigenvalue weighted by molar-refractivity contribution is 7.07. The number of thiophene rings is 1. The molecular weight excluding hydrogens is 272 g/mol. The topological polar surface area (TPSA) is 65.3 Å². The summed E-state index contributed by atoms with van der Waals surface area (Å²) in [6.07, 6.45) is -0.565. The summed E-state index contributed by atoms with van der Waals surface area (Å²) in [6.45, 7) is 1.45. The van der Waals surface area contributed by atoms with Crippen molar-refractivity contribution in [2.75, 3.05) is 13.2 Å². The van der Waals surface area contributed by atoms with Crippen LogP contribution in [0.15, 0.2) is 41.1 Å². The lowest BCUT2D eigenvalue weighted by molar-refractivity contribution is 0.106. The van der Waals surface area contributed by atoms with Crippen LogP contribution in [0.25, 0.3) is 0 Å². The second-order valence-corrected chi connectivity index (χ2v) is 5.14. The van der Waals surface area contributed by atoms with Crippen LogP contribution in [0.2, 0.25) is 0 Å². The van der Waals surface area contributed by atoms with Gasteiger partial charge in [-0.25, -0.2) is 0 Å². The average molecular weight is 288 g/mol. The molecule has 20 heavy (non-hydrogen) atoms. The first kappa shape index (κ1) is 14.5. The summed E-state index contributed by atoms with van der Waals surface area (Å²) in [6, 6.07) is 10.9. The SMILES string of the molecule is N#Cc1ccc(OCC(O)CNCc2ccsc2)cc1. The maximum Gasteiger partial charge on any atom is 0.119 e. The molecule has 4 nitrogen and oxygen atoms in total. The molecule has 0 amide bonds. The van der Waals surface area contributed by atoms with Gasteiger partial charge in [0.05, 0.1) is 11.6 Å². The first-order valence-corrected chi connectivity index (χ1v) is 7.25. The lowest BCUT2D eigenvalue weighted by Crippen LogP contribution is -2.31. The van der Waals surface area contributed by atoms with Crippen LogP contribution in [-0.4, -0.2) is 24.4 Å². The van der Waals surface area contributed by atoms with Crippen molar-refractivity contribution in [3.63, 3.8) is 0 Å². The number of aliphatic hydroxyl groups is 1. The van der Waals surface area contributed by atoms with Crippen molar-refractivity contribution >= 4 is 11.3 Å². The first-order valence-electron chi connectivity index (χ1n) is 6.31. The Hall–Kier alpha value is -1.87. The summed E-state index contributed by atoms with van der Waals surface area (Å²) < 4.78 is 5.46. The number of hydrogen-bond acceptors (Lipinski definition) is 5. The van der Waals surface area contributed by atoms with E-state index in [-0.39, 0.29) is 6.61 Å². The lowest BCUT2D eigenvalue weighted by Gasteiger charge is -2.13. The fourth-order valence-corrected chi connectivity index (χ4v) is 2.32. The Kier molecular flexibility index (Phi) is 5.56. The molecule has 0 fully saturated rings. The van der Waals surface area contributed by atoms with Gasteiger partial charge in [0, 0.05) is 13.1 Å². The van der Waals surface area contributed by atoms with E-state index in [2.05, 4.69) is 16.8 Å². The second kappa shape index (κ2) is 7.65. The predicted molar refractivity (Wildman–Crippen MR) is 78.7 cm³/mol. The number of aliphatic hydroxyl groups excluding tert-OH is 1. The van der Waals surface area contributed by atoms with Gasteiger partial charge in [0.1, 0.15) is 18.5 Å². The van der Waals surface area contributed by atoms with Crippen LogP contribution in [-0.2, 0) is 6.54 Å². The van der Waals surface area contributed by atoms with E-state index in [9.17, 15) is 5.11 Å². The second-order valence-electron chi connectivity index (χ2n) is 4.36. The number of nitriles is 1. The minimum Gasteiger partial charge on any atom is -0.491 e.